The van der Waals surface area contributed by atoms with Crippen LogP contribution in [0, 0.1) is 12.8 Å². The number of carbonyl (C=O) groups excluding carboxylic acids is 2. The van der Waals surface area contributed by atoms with Crippen molar-refractivity contribution < 1.29 is 31.5 Å². The molecule has 0 atom stereocenters. The molecule has 0 aliphatic heterocycles. The molecule has 2 saturated carbocycles. The number of pyridine rings is 1. The number of aromatic nitrogens is 1. The molecule has 2 fully saturated rings. The Kier molecular flexibility index (Phi) is 7.39. The number of primary amides is 1. The third-order valence-corrected chi connectivity index (χ3v) is 7.50. The molecule has 3 N–H and O–H groups in total. The van der Waals surface area contributed by atoms with Gasteiger partial charge in [-0.3, -0.25) is 14.6 Å². The molecule has 2 aliphatic rings. The van der Waals surface area contributed by atoms with E-state index in [-0.39, 0.29) is 56.1 Å². The van der Waals surface area contributed by atoms with Gasteiger partial charge in [-0.1, -0.05) is 18.2 Å². The van der Waals surface area contributed by atoms with Gasteiger partial charge in [-0.05, 0) is 61.6 Å². The van der Waals surface area contributed by atoms with Crippen molar-refractivity contribution in [3.8, 4) is 0 Å². The number of benzene rings is 1. The van der Waals surface area contributed by atoms with E-state index in [4.69, 9.17) is 5.73 Å². The standard InChI is InChI=1S/C27H28F5N3O2/c1-15-22(8-10-34-24(15)25(33)37)35-23(9-11-36)20-7-4-17(18-13-26(28,29)14-18)12-21(20)16-2-5-19(6-3-16)27(30,31)32/h4,7-12,16,18-19H,2-3,5-6,13-14H2,1H3,(H2,33,37)(H,34,35)/b23-9-. The third-order valence-electron chi connectivity index (χ3n) is 7.50. The van der Waals surface area contributed by atoms with Crippen LogP contribution in [0.5, 0.6) is 0 Å². The van der Waals surface area contributed by atoms with Gasteiger partial charge >= 0.3 is 6.18 Å². The number of nitrogens with one attached hydrogen (secondary N) is 1. The molecule has 2 aromatic rings. The Morgan fingerprint density at radius 3 is 2.35 bits per heavy atom. The molecule has 198 valence electrons. The van der Waals surface area contributed by atoms with Crippen LogP contribution < -0.4 is 11.1 Å². The van der Waals surface area contributed by atoms with Crippen LogP contribution in [0.2, 0.25) is 0 Å². The Morgan fingerprint density at radius 1 is 1.11 bits per heavy atom. The van der Waals surface area contributed by atoms with E-state index in [1.165, 1.54) is 12.3 Å². The number of alkyl halides is 5. The van der Waals surface area contributed by atoms with Gasteiger partial charge < -0.3 is 11.1 Å². The van der Waals surface area contributed by atoms with E-state index in [2.05, 4.69) is 10.3 Å². The second-order valence-electron chi connectivity index (χ2n) is 9.94. The van der Waals surface area contributed by atoms with E-state index in [9.17, 15) is 31.5 Å². The van der Waals surface area contributed by atoms with Gasteiger partial charge in [0.25, 0.3) is 5.91 Å². The maximum absolute atomic E-state index is 13.6. The van der Waals surface area contributed by atoms with Crippen LogP contribution in [0.25, 0.3) is 5.70 Å². The quantitative estimate of drug-likeness (QED) is 0.248. The van der Waals surface area contributed by atoms with Crippen molar-refractivity contribution in [3.05, 3.63) is 64.5 Å². The molecule has 2 aliphatic carbocycles. The minimum absolute atomic E-state index is 0.0229. The number of rotatable bonds is 7. The number of amides is 1. The van der Waals surface area contributed by atoms with Crippen LogP contribution in [0.1, 0.15) is 83.1 Å². The molecule has 0 bridgehead atoms. The summed E-state index contributed by atoms with van der Waals surface area (Å²) in [4.78, 5) is 27.3. The Morgan fingerprint density at radius 2 is 1.78 bits per heavy atom. The number of halogens is 5. The lowest BCUT2D eigenvalue weighted by Gasteiger charge is -2.36. The minimum atomic E-state index is -4.26. The minimum Gasteiger partial charge on any atom is -0.364 e. The molecule has 0 saturated heterocycles. The van der Waals surface area contributed by atoms with Crippen LogP contribution >= 0.6 is 0 Å². The molecule has 0 unspecified atom stereocenters. The van der Waals surface area contributed by atoms with Gasteiger partial charge in [0, 0.05) is 47.6 Å². The zero-order chi connectivity index (χ0) is 27.0. The van der Waals surface area contributed by atoms with Crippen LogP contribution in [0.15, 0.2) is 36.5 Å². The van der Waals surface area contributed by atoms with Crippen LogP contribution in [0.3, 0.4) is 0 Å². The summed E-state index contributed by atoms with van der Waals surface area (Å²) >= 11 is 0. The molecule has 10 heteroatoms. The lowest BCUT2D eigenvalue weighted by Crippen LogP contribution is -2.33. The van der Waals surface area contributed by atoms with Gasteiger partial charge in [-0.2, -0.15) is 13.2 Å². The van der Waals surface area contributed by atoms with Crippen molar-refractivity contribution in [2.24, 2.45) is 11.7 Å². The van der Waals surface area contributed by atoms with Crippen LogP contribution in [0.4, 0.5) is 27.6 Å². The summed E-state index contributed by atoms with van der Waals surface area (Å²) in [6.45, 7) is 1.65. The van der Waals surface area contributed by atoms with Crippen molar-refractivity contribution in [1.29, 1.82) is 0 Å². The number of anilines is 1. The molecule has 37 heavy (non-hydrogen) atoms. The number of aldehydes is 1. The van der Waals surface area contributed by atoms with E-state index < -0.39 is 23.9 Å². The molecule has 4 rings (SSSR count). The smallest absolute Gasteiger partial charge is 0.364 e. The summed E-state index contributed by atoms with van der Waals surface area (Å²) in [5, 5.41) is 3.14. The maximum atomic E-state index is 13.6. The number of nitrogens with two attached hydrogens (primary N) is 1. The van der Waals surface area contributed by atoms with Crippen LogP contribution in [-0.2, 0) is 4.79 Å². The van der Waals surface area contributed by atoms with Crippen molar-refractivity contribution in [1.82, 2.24) is 4.98 Å². The van der Waals surface area contributed by atoms with E-state index in [0.717, 1.165) is 5.56 Å². The average Bonchev–Trinajstić information content (AvgIpc) is 2.82. The molecule has 0 spiro atoms. The highest BCUT2D eigenvalue weighted by Gasteiger charge is 2.46. The van der Waals surface area contributed by atoms with Crippen molar-refractivity contribution in [3.63, 3.8) is 0 Å². The topological polar surface area (TPSA) is 85.1 Å². The average molecular weight is 522 g/mol. The first-order valence-corrected chi connectivity index (χ1v) is 12.2. The lowest BCUT2D eigenvalue weighted by atomic mass is 9.73. The van der Waals surface area contributed by atoms with Gasteiger partial charge in [0.2, 0.25) is 5.92 Å². The Labute approximate surface area is 211 Å². The zero-order valence-electron chi connectivity index (χ0n) is 20.2. The fourth-order valence-electron chi connectivity index (χ4n) is 5.38. The molecule has 1 aromatic carbocycles. The molecule has 0 radical (unpaired) electrons. The van der Waals surface area contributed by atoms with Crippen molar-refractivity contribution in [2.75, 3.05) is 5.32 Å². The second kappa shape index (κ2) is 10.2. The number of nitrogens with zero attached hydrogens (tertiary/aromatic N) is 1. The van der Waals surface area contributed by atoms with Gasteiger partial charge in [0.15, 0.2) is 0 Å². The Balaban J connectivity index is 1.71. The van der Waals surface area contributed by atoms with E-state index in [1.807, 2.05) is 6.07 Å². The first kappa shape index (κ1) is 26.8. The predicted molar refractivity (Wildman–Crippen MR) is 129 cm³/mol. The zero-order valence-corrected chi connectivity index (χ0v) is 20.2. The summed E-state index contributed by atoms with van der Waals surface area (Å²) in [7, 11) is 0. The molecule has 1 amide bonds. The summed E-state index contributed by atoms with van der Waals surface area (Å²) < 4.78 is 66.9. The summed E-state index contributed by atoms with van der Waals surface area (Å²) in [6.07, 6.45) is -0.995. The maximum Gasteiger partial charge on any atom is 0.391 e. The van der Waals surface area contributed by atoms with Gasteiger partial charge in [0.05, 0.1) is 5.92 Å². The number of hydrogen-bond acceptors (Lipinski definition) is 4. The largest absolute Gasteiger partial charge is 0.391 e. The van der Waals surface area contributed by atoms with Crippen LogP contribution in [-0.4, -0.2) is 29.3 Å². The SMILES string of the molecule is Cc1c(N/C(=C\C=O)c2ccc(C3CC(F)(F)C3)cc2C2CCC(C(F)(F)F)CC2)ccnc1C(N)=O. The molecule has 1 aromatic heterocycles. The number of hydrogen-bond donors (Lipinski definition) is 2. The number of allylic oxidation sites excluding steroid dienone is 1. The normalized spacial score (nSPS) is 22.3. The van der Waals surface area contributed by atoms with Crippen molar-refractivity contribution in [2.45, 2.75) is 69.4 Å². The predicted octanol–water partition coefficient (Wildman–Crippen LogP) is 6.49. The van der Waals surface area contributed by atoms with Crippen molar-refractivity contribution >= 4 is 23.6 Å². The van der Waals surface area contributed by atoms with E-state index in [1.54, 1.807) is 25.1 Å². The third kappa shape index (κ3) is 5.83. The Hall–Kier alpha value is -3.30. The molecule has 1 heterocycles. The summed E-state index contributed by atoms with van der Waals surface area (Å²) in [5.41, 5.74) is 8.79. The highest BCUT2D eigenvalue weighted by molar-refractivity contribution is 5.95. The molecular weight excluding hydrogens is 493 g/mol. The van der Waals surface area contributed by atoms with Gasteiger partial charge in [-0.15, -0.1) is 0 Å². The van der Waals surface area contributed by atoms with E-state index >= 15 is 0 Å². The fraction of sp³-hybridized carbons (Fsp3) is 0.444. The van der Waals surface area contributed by atoms with Gasteiger partial charge in [-0.25, -0.2) is 8.78 Å². The summed E-state index contributed by atoms with van der Waals surface area (Å²) in [5.74, 6) is -5.36. The first-order valence-electron chi connectivity index (χ1n) is 12.2. The highest BCUT2D eigenvalue weighted by Crippen LogP contribution is 2.50. The highest BCUT2D eigenvalue weighted by atomic mass is 19.4. The second-order valence-corrected chi connectivity index (χ2v) is 9.94. The number of carbonyl (C=O) groups is 2. The summed E-state index contributed by atoms with van der Waals surface area (Å²) in [6, 6.07) is 6.88. The molecule has 5 nitrogen and oxygen atoms in total. The van der Waals surface area contributed by atoms with Gasteiger partial charge in [0.1, 0.15) is 12.0 Å². The fourth-order valence-corrected chi connectivity index (χ4v) is 5.38. The Bertz CT molecular complexity index is 1210. The van der Waals surface area contributed by atoms with E-state index in [0.29, 0.717) is 34.4 Å². The first-order chi connectivity index (χ1) is 17.4. The monoisotopic (exact) mass is 521 g/mol. The molecular formula is C27H28F5N3O2. The lowest BCUT2D eigenvalue weighted by molar-refractivity contribution is -0.182.